The summed E-state index contributed by atoms with van der Waals surface area (Å²) in [5.74, 6) is -2.89. The molecule has 0 saturated carbocycles. The minimum Gasteiger partial charge on any atom is -0.459 e. The van der Waals surface area contributed by atoms with E-state index in [-0.39, 0.29) is 11.1 Å². The quantitative estimate of drug-likeness (QED) is 0.418. The zero-order valence-corrected chi connectivity index (χ0v) is 9.69. The average molecular weight is 242 g/mol. The molecule has 6 heteroatoms. The Bertz CT molecular complexity index is 368. The molecule has 0 rings (SSSR count). The van der Waals surface area contributed by atoms with Crippen molar-refractivity contribution in [2.45, 2.75) is 20.0 Å². The molecule has 0 fully saturated rings. The van der Waals surface area contributed by atoms with E-state index in [0.717, 1.165) is 0 Å². The normalized spacial score (nSPS) is 11.2. The molecule has 94 valence electrons. The van der Waals surface area contributed by atoms with E-state index in [4.69, 9.17) is 0 Å². The third-order valence-corrected chi connectivity index (χ3v) is 1.53. The van der Waals surface area contributed by atoms with Gasteiger partial charge in [-0.3, -0.25) is 0 Å². The Morgan fingerprint density at radius 1 is 1.12 bits per heavy atom. The second-order valence-corrected chi connectivity index (χ2v) is 3.38. The molecule has 0 aliphatic heterocycles. The first-order valence-electron chi connectivity index (χ1n) is 4.68. The summed E-state index contributed by atoms with van der Waals surface area (Å²) in [6.45, 7) is 8.73. The first-order chi connectivity index (χ1) is 7.75. The number of aliphatic hydroxyl groups is 1. The van der Waals surface area contributed by atoms with Crippen molar-refractivity contribution in [1.82, 2.24) is 0 Å². The highest BCUT2D eigenvalue weighted by Gasteiger charge is 2.22. The molecule has 0 aromatic carbocycles. The van der Waals surface area contributed by atoms with Gasteiger partial charge in [-0.15, -0.1) is 0 Å². The Kier molecular flexibility index (Phi) is 5.84. The summed E-state index contributed by atoms with van der Waals surface area (Å²) in [5, 5.41) is 9.22. The van der Waals surface area contributed by atoms with E-state index in [1.54, 1.807) is 0 Å². The summed E-state index contributed by atoms with van der Waals surface area (Å²) in [6, 6.07) is 0. The minimum absolute atomic E-state index is 0.0180. The fraction of sp³-hybridized carbons (Fsp3) is 0.364. The first-order valence-corrected chi connectivity index (χ1v) is 4.68. The van der Waals surface area contributed by atoms with E-state index >= 15 is 0 Å². The van der Waals surface area contributed by atoms with Gasteiger partial charge in [0.15, 0.2) is 6.10 Å². The fourth-order valence-corrected chi connectivity index (χ4v) is 0.592. The van der Waals surface area contributed by atoms with Crippen LogP contribution in [0.25, 0.3) is 0 Å². The molecule has 6 nitrogen and oxygen atoms in total. The van der Waals surface area contributed by atoms with Crippen molar-refractivity contribution in [3.63, 3.8) is 0 Å². The standard InChI is InChI=1S/C11H14O6/c1-6(2)9(13)16-5-8(12)11(15)17-10(14)7(3)4/h8,12H,1,3,5H2,2,4H3. The van der Waals surface area contributed by atoms with Crippen LogP contribution in [0.4, 0.5) is 0 Å². The van der Waals surface area contributed by atoms with Crippen LogP contribution in [0.2, 0.25) is 0 Å². The van der Waals surface area contributed by atoms with Crippen molar-refractivity contribution >= 4 is 17.9 Å². The number of rotatable bonds is 5. The summed E-state index contributed by atoms with van der Waals surface area (Å²) in [6.07, 6.45) is -1.72. The van der Waals surface area contributed by atoms with Crippen LogP contribution in [-0.4, -0.2) is 35.7 Å². The van der Waals surface area contributed by atoms with Gasteiger partial charge >= 0.3 is 17.9 Å². The van der Waals surface area contributed by atoms with Crippen LogP contribution in [0.15, 0.2) is 24.3 Å². The Hall–Kier alpha value is -1.95. The number of hydrogen-bond acceptors (Lipinski definition) is 6. The zero-order valence-electron chi connectivity index (χ0n) is 9.69. The number of hydrogen-bond donors (Lipinski definition) is 1. The lowest BCUT2D eigenvalue weighted by molar-refractivity contribution is -0.166. The van der Waals surface area contributed by atoms with Gasteiger partial charge in [0.25, 0.3) is 0 Å². The third-order valence-electron chi connectivity index (χ3n) is 1.53. The smallest absolute Gasteiger partial charge is 0.346 e. The average Bonchev–Trinajstić information content (AvgIpc) is 2.24. The molecular formula is C11H14O6. The second kappa shape index (κ2) is 6.59. The molecule has 0 bridgehead atoms. The van der Waals surface area contributed by atoms with Crippen LogP contribution >= 0.6 is 0 Å². The zero-order chi connectivity index (χ0) is 13.6. The molecule has 0 heterocycles. The van der Waals surface area contributed by atoms with Crippen molar-refractivity contribution in [3.05, 3.63) is 24.3 Å². The van der Waals surface area contributed by atoms with Gasteiger partial charge < -0.3 is 14.6 Å². The summed E-state index contributed by atoms with van der Waals surface area (Å²) in [5.41, 5.74) is 0.146. The predicted octanol–water partition coefficient (Wildman–Crippen LogP) is 0.113. The van der Waals surface area contributed by atoms with Crippen molar-refractivity contribution in [3.8, 4) is 0 Å². The topological polar surface area (TPSA) is 89.9 Å². The Morgan fingerprint density at radius 2 is 1.59 bits per heavy atom. The Morgan fingerprint density at radius 3 is 2.00 bits per heavy atom. The number of aliphatic hydroxyl groups excluding tert-OH is 1. The van der Waals surface area contributed by atoms with E-state index < -0.39 is 30.6 Å². The molecule has 0 aliphatic rings. The maximum Gasteiger partial charge on any atom is 0.346 e. The molecule has 0 spiro atoms. The molecule has 1 atom stereocenters. The Labute approximate surface area is 98.5 Å². The summed E-state index contributed by atoms with van der Waals surface area (Å²) in [7, 11) is 0. The van der Waals surface area contributed by atoms with Crippen LogP contribution in [-0.2, 0) is 23.9 Å². The predicted molar refractivity (Wildman–Crippen MR) is 57.7 cm³/mol. The van der Waals surface area contributed by atoms with Gasteiger partial charge in [0.2, 0.25) is 0 Å². The molecule has 0 aromatic rings. The van der Waals surface area contributed by atoms with E-state index in [9.17, 15) is 19.5 Å². The largest absolute Gasteiger partial charge is 0.459 e. The van der Waals surface area contributed by atoms with E-state index in [1.807, 2.05) is 0 Å². The maximum atomic E-state index is 11.1. The van der Waals surface area contributed by atoms with Crippen molar-refractivity contribution in [2.24, 2.45) is 0 Å². The second-order valence-electron chi connectivity index (χ2n) is 3.38. The van der Waals surface area contributed by atoms with E-state index in [1.165, 1.54) is 13.8 Å². The molecular weight excluding hydrogens is 228 g/mol. The molecule has 0 radical (unpaired) electrons. The van der Waals surface area contributed by atoms with Gasteiger partial charge in [-0.05, 0) is 13.8 Å². The van der Waals surface area contributed by atoms with Gasteiger partial charge in [-0.25, -0.2) is 14.4 Å². The maximum absolute atomic E-state index is 11.1. The third kappa shape index (κ3) is 5.62. The van der Waals surface area contributed by atoms with Crippen LogP contribution < -0.4 is 0 Å². The molecule has 0 aromatic heterocycles. The lowest BCUT2D eigenvalue weighted by Crippen LogP contribution is -2.31. The van der Waals surface area contributed by atoms with Gasteiger partial charge in [-0.1, -0.05) is 13.2 Å². The van der Waals surface area contributed by atoms with Gasteiger partial charge in [0, 0.05) is 11.1 Å². The molecule has 1 unspecified atom stereocenters. The summed E-state index contributed by atoms with van der Waals surface area (Å²) < 4.78 is 8.73. The lowest BCUT2D eigenvalue weighted by Gasteiger charge is -2.10. The first kappa shape index (κ1) is 15.0. The van der Waals surface area contributed by atoms with Crippen molar-refractivity contribution in [1.29, 1.82) is 0 Å². The minimum atomic E-state index is -1.72. The van der Waals surface area contributed by atoms with E-state index in [2.05, 4.69) is 22.6 Å². The highest BCUT2D eigenvalue weighted by Crippen LogP contribution is 1.99. The number of ether oxygens (including phenoxy) is 2. The molecule has 1 N–H and O–H groups in total. The number of carbonyl (C=O) groups is 3. The SMILES string of the molecule is C=C(C)C(=O)OCC(O)C(=O)OC(=O)C(=C)C. The monoisotopic (exact) mass is 242 g/mol. The van der Waals surface area contributed by atoms with Crippen LogP contribution in [0.3, 0.4) is 0 Å². The summed E-state index contributed by atoms with van der Waals surface area (Å²) >= 11 is 0. The highest BCUT2D eigenvalue weighted by atomic mass is 16.6. The molecule has 0 saturated heterocycles. The lowest BCUT2D eigenvalue weighted by atomic mass is 10.3. The van der Waals surface area contributed by atoms with Gasteiger partial charge in [0.1, 0.15) is 6.61 Å². The molecule has 17 heavy (non-hydrogen) atoms. The van der Waals surface area contributed by atoms with Gasteiger partial charge in [0.05, 0.1) is 0 Å². The van der Waals surface area contributed by atoms with Gasteiger partial charge in [-0.2, -0.15) is 0 Å². The molecule has 0 amide bonds. The van der Waals surface area contributed by atoms with Crippen LogP contribution in [0, 0.1) is 0 Å². The van der Waals surface area contributed by atoms with Crippen molar-refractivity contribution < 1.29 is 29.0 Å². The van der Waals surface area contributed by atoms with Crippen LogP contribution in [0.1, 0.15) is 13.8 Å². The Balaban J connectivity index is 4.15. The fourth-order valence-electron chi connectivity index (χ4n) is 0.592. The van der Waals surface area contributed by atoms with Crippen LogP contribution in [0.5, 0.6) is 0 Å². The molecule has 0 aliphatic carbocycles. The summed E-state index contributed by atoms with van der Waals surface area (Å²) in [4.78, 5) is 33.0. The highest BCUT2D eigenvalue weighted by molar-refractivity contribution is 5.96. The van der Waals surface area contributed by atoms with Crippen molar-refractivity contribution in [2.75, 3.05) is 6.61 Å². The number of esters is 3. The number of carbonyl (C=O) groups excluding carboxylic acids is 3. The van der Waals surface area contributed by atoms with E-state index in [0.29, 0.717) is 0 Å².